The van der Waals surface area contributed by atoms with Gasteiger partial charge in [-0.05, 0) is 25.7 Å². The maximum absolute atomic E-state index is 11.2. The van der Waals surface area contributed by atoms with Crippen LogP contribution in [0.15, 0.2) is 0 Å². The molecule has 3 N–H and O–H groups in total. The molecule has 4 heteroatoms. The molecule has 13 heavy (non-hydrogen) atoms. The predicted molar refractivity (Wildman–Crippen MR) is 47.9 cm³/mol. The van der Waals surface area contributed by atoms with E-state index in [1.54, 1.807) is 6.92 Å². The van der Waals surface area contributed by atoms with Crippen LogP contribution in [0, 0.1) is 11.8 Å². The van der Waals surface area contributed by atoms with Gasteiger partial charge in [0.05, 0.1) is 19.1 Å². The second kappa shape index (κ2) is 4.58. The van der Waals surface area contributed by atoms with Crippen molar-refractivity contribution in [3.05, 3.63) is 0 Å². The van der Waals surface area contributed by atoms with Gasteiger partial charge in [0.15, 0.2) is 0 Å². The fraction of sp³-hybridized carbons (Fsp3) is 0.889. The summed E-state index contributed by atoms with van der Waals surface area (Å²) in [6.45, 7) is 2.23. The molecule has 0 heterocycles. The third kappa shape index (κ3) is 2.97. The van der Waals surface area contributed by atoms with Gasteiger partial charge in [-0.2, -0.15) is 0 Å². The highest BCUT2D eigenvalue weighted by Crippen LogP contribution is 2.42. The van der Waals surface area contributed by atoms with E-state index in [0.29, 0.717) is 12.5 Å². The second-order valence-corrected chi connectivity index (χ2v) is 3.53. The Balaban J connectivity index is 2.18. The van der Waals surface area contributed by atoms with E-state index in [9.17, 15) is 4.79 Å². The summed E-state index contributed by atoms with van der Waals surface area (Å²) >= 11 is 0. The van der Waals surface area contributed by atoms with Crippen molar-refractivity contribution in [3.8, 4) is 0 Å². The molecule has 1 saturated carbocycles. The maximum Gasteiger partial charge on any atom is 0.309 e. The van der Waals surface area contributed by atoms with Crippen molar-refractivity contribution in [1.29, 1.82) is 0 Å². The van der Waals surface area contributed by atoms with Crippen molar-refractivity contribution in [3.63, 3.8) is 0 Å². The summed E-state index contributed by atoms with van der Waals surface area (Å²) in [6.07, 6.45) is 1.59. The Bertz CT molecular complexity index is 184. The molecule has 0 spiro atoms. The minimum absolute atomic E-state index is 0.00789. The average molecular weight is 187 g/mol. The molecule has 0 aromatic heterocycles. The number of rotatable bonds is 5. The van der Waals surface area contributed by atoms with Gasteiger partial charge in [0.2, 0.25) is 0 Å². The van der Waals surface area contributed by atoms with Crippen LogP contribution >= 0.6 is 0 Å². The standard InChI is InChI=1S/C9H17NO3/c1-2-13-9(12)8-4-6(8)3-7(10)5-11/h6-8,11H,2-5,10H2,1H3. The monoisotopic (exact) mass is 187 g/mol. The zero-order chi connectivity index (χ0) is 9.84. The molecule has 1 fully saturated rings. The Morgan fingerprint density at radius 1 is 1.77 bits per heavy atom. The molecule has 0 bridgehead atoms. The number of hydrogen-bond acceptors (Lipinski definition) is 4. The van der Waals surface area contributed by atoms with Crippen LogP contribution < -0.4 is 5.73 Å². The Kier molecular flexibility index (Phi) is 3.69. The van der Waals surface area contributed by atoms with Crippen molar-refractivity contribution in [2.45, 2.75) is 25.8 Å². The van der Waals surface area contributed by atoms with E-state index in [-0.39, 0.29) is 24.5 Å². The Morgan fingerprint density at radius 2 is 2.46 bits per heavy atom. The van der Waals surface area contributed by atoms with E-state index < -0.39 is 0 Å². The molecule has 1 rings (SSSR count). The Morgan fingerprint density at radius 3 is 3.00 bits per heavy atom. The smallest absolute Gasteiger partial charge is 0.309 e. The molecule has 1 aliphatic carbocycles. The number of ether oxygens (including phenoxy) is 1. The van der Waals surface area contributed by atoms with Crippen LogP contribution in [-0.2, 0) is 9.53 Å². The molecule has 1 aliphatic rings. The highest BCUT2D eigenvalue weighted by molar-refractivity contribution is 5.75. The number of aliphatic hydroxyl groups excluding tert-OH is 1. The molecule has 0 amide bonds. The van der Waals surface area contributed by atoms with Gasteiger partial charge in [0.25, 0.3) is 0 Å². The van der Waals surface area contributed by atoms with Gasteiger partial charge in [-0.3, -0.25) is 4.79 Å². The lowest BCUT2D eigenvalue weighted by Crippen LogP contribution is -2.25. The van der Waals surface area contributed by atoms with E-state index in [2.05, 4.69) is 0 Å². The minimum atomic E-state index is -0.190. The minimum Gasteiger partial charge on any atom is -0.466 e. The number of carbonyl (C=O) groups excluding carboxylic acids is 1. The van der Waals surface area contributed by atoms with Crippen LogP contribution in [0.3, 0.4) is 0 Å². The molecule has 0 aliphatic heterocycles. The molecule has 3 unspecified atom stereocenters. The third-order valence-corrected chi connectivity index (χ3v) is 2.35. The van der Waals surface area contributed by atoms with Crippen LogP contribution in [-0.4, -0.2) is 30.3 Å². The first-order chi connectivity index (χ1) is 6.19. The summed E-state index contributed by atoms with van der Waals surface area (Å²) in [5.74, 6) is 0.261. The summed E-state index contributed by atoms with van der Waals surface area (Å²) in [5, 5.41) is 8.70. The van der Waals surface area contributed by atoms with E-state index in [1.165, 1.54) is 0 Å². The first-order valence-corrected chi connectivity index (χ1v) is 4.72. The van der Waals surface area contributed by atoms with Crippen LogP contribution in [0.5, 0.6) is 0 Å². The van der Waals surface area contributed by atoms with Gasteiger partial charge in [0, 0.05) is 6.04 Å². The largest absolute Gasteiger partial charge is 0.466 e. The lowest BCUT2D eigenvalue weighted by atomic mass is 10.1. The van der Waals surface area contributed by atoms with Gasteiger partial charge >= 0.3 is 5.97 Å². The van der Waals surface area contributed by atoms with E-state index >= 15 is 0 Å². The van der Waals surface area contributed by atoms with Gasteiger partial charge < -0.3 is 15.6 Å². The maximum atomic E-state index is 11.2. The van der Waals surface area contributed by atoms with Crippen molar-refractivity contribution >= 4 is 5.97 Å². The highest BCUT2D eigenvalue weighted by Gasteiger charge is 2.44. The molecule has 3 atom stereocenters. The highest BCUT2D eigenvalue weighted by atomic mass is 16.5. The number of carbonyl (C=O) groups is 1. The van der Waals surface area contributed by atoms with Crippen molar-refractivity contribution in [2.75, 3.05) is 13.2 Å². The third-order valence-electron chi connectivity index (χ3n) is 2.35. The summed E-state index contributed by atoms with van der Waals surface area (Å²) in [6, 6.07) is -0.190. The van der Waals surface area contributed by atoms with Crippen molar-refractivity contribution in [1.82, 2.24) is 0 Å². The molecular weight excluding hydrogens is 170 g/mol. The van der Waals surface area contributed by atoms with Crippen LogP contribution in [0.1, 0.15) is 19.8 Å². The molecule has 76 valence electrons. The first kappa shape index (κ1) is 10.5. The van der Waals surface area contributed by atoms with Crippen LogP contribution in [0.25, 0.3) is 0 Å². The normalized spacial score (nSPS) is 28.2. The number of aliphatic hydroxyl groups is 1. The fourth-order valence-electron chi connectivity index (χ4n) is 1.51. The SMILES string of the molecule is CCOC(=O)C1CC1CC(N)CO. The Hall–Kier alpha value is -0.610. The summed E-state index contributed by atoms with van der Waals surface area (Å²) < 4.78 is 4.87. The molecule has 0 saturated heterocycles. The van der Waals surface area contributed by atoms with E-state index in [0.717, 1.165) is 12.8 Å². The van der Waals surface area contributed by atoms with Gasteiger partial charge in [-0.25, -0.2) is 0 Å². The zero-order valence-corrected chi connectivity index (χ0v) is 7.90. The first-order valence-electron chi connectivity index (χ1n) is 4.72. The fourth-order valence-corrected chi connectivity index (χ4v) is 1.51. The van der Waals surface area contributed by atoms with E-state index in [4.69, 9.17) is 15.6 Å². The summed E-state index contributed by atoms with van der Waals surface area (Å²) in [4.78, 5) is 11.2. The molecule has 4 nitrogen and oxygen atoms in total. The number of hydrogen-bond donors (Lipinski definition) is 2. The number of esters is 1. The zero-order valence-electron chi connectivity index (χ0n) is 7.90. The predicted octanol–water partition coefficient (Wildman–Crippen LogP) is -0.105. The average Bonchev–Trinajstić information content (AvgIpc) is 2.84. The molecule has 0 aromatic rings. The molecule has 0 aromatic carbocycles. The second-order valence-electron chi connectivity index (χ2n) is 3.53. The van der Waals surface area contributed by atoms with Crippen molar-refractivity contribution in [2.24, 2.45) is 17.6 Å². The molecule has 0 radical (unpaired) electrons. The van der Waals surface area contributed by atoms with Crippen LogP contribution in [0.4, 0.5) is 0 Å². The summed E-state index contributed by atoms with van der Waals surface area (Å²) in [5.41, 5.74) is 5.55. The molecular formula is C9H17NO3. The van der Waals surface area contributed by atoms with Gasteiger partial charge in [-0.15, -0.1) is 0 Å². The van der Waals surface area contributed by atoms with Gasteiger partial charge in [0.1, 0.15) is 0 Å². The lowest BCUT2D eigenvalue weighted by Gasteiger charge is -2.06. The summed E-state index contributed by atoms with van der Waals surface area (Å²) in [7, 11) is 0. The number of nitrogens with two attached hydrogens (primary N) is 1. The van der Waals surface area contributed by atoms with Crippen LogP contribution in [0.2, 0.25) is 0 Å². The lowest BCUT2D eigenvalue weighted by molar-refractivity contribution is -0.145. The Labute approximate surface area is 78.1 Å². The topological polar surface area (TPSA) is 72.5 Å². The quantitative estimate of drug-likeness (QED) is 0.589. The van der Waals surface area contributed by atoms with Gasteiger partial charge in [-0.1, -0.05) is 0 Å². The van der Waals surface area contributed by atoms with Crippen molar-refractivity contribution < 1.29 is 14.6 Å². The van der Waals surface area contributed by atoms with E-state index in [1.807, 2.05) is 0 Å².